The molecule has 1 unspecified atom stereocenters. The van der Waals surface area contributed by atoms with Crippen molar-refractivity contribution < 1.29 is 30.8 Å². The van der Waals surface area contributed by atoms with Crippen LogP contribution < -0.4 is 0 Å². The molecule has 0 N–H and O–H groups in total. The van der Waals surface area contributed by atoms with E-state index in [1.54, 1.807) is 0 Å². The zero-order valence-electron chi connectivity index (χ0n) is 11.3. The molecule has 12 heteroatoms. The van der Waals surface area contributed by atoms with Gasteiger partial charge >= 0.3 is 6.18 Å². The maximum absolute atomic E-state index is 13.8. The number of halogens is 4. The fraction of sp³-hybridized carbons (Fsp3) is 0.500. The van der Waals surface area contributed by atoms with E-state index in [4.69, 9.17) is 0 Å². The van der Waals surface area contributed by atoms with E-state index in [1.165, 1.54) is 13.0 Å². The van der Waals surface area contributed by atoms with Crippen LogP contribution in [0.4, 0.5) is 17.6 Å². The molecule has 0 saturated heterocycles. The second kappa shape index (κ2) is 5.34. The first-order valence-corrected chi connectivity index (χ1v) is 7.47. The summed E-state index contributed by atoms with van der Waals surface area (Å²) in [6.45, 7) is 1.40. The molecule has 1 atom stereocenters. The maximum atomic E-state index is 13.8. The van der Waals surface area contributed by atoms with Gasteiger partial charge in [0.15, 0.2) is 11.5 Å². The van der Waals surface area contributed by atoms with E-state index in [0.29, 0.717) is 4.80 Å². The first-order chi connectivity index (χ1) is 10.1. The SMILES string of the molecule is C/C=C1\ON=C(S(=O)(=O)Cc2nn(C)nc2C(F)(F)F)C1F. The minimum Gasteiger partial charge on any atom is -0.357 e. The summed E-state index contributed by atoms with van der Waals surface area (Å²) in [5.41, 5.74) is -2.28. The first-order valence-electron chi connectivity index (χ1n) is 5.81. The Kier molecular flexibility index (Phi) is 3.98. The van der Waals surface area contributed by atoms with E-state index in [2.05, 4.69) is 20.2 Å². The molecule has 0 aliphatic carbocycles. The number of sulfone groups is 1. The standard InChI is InChI=1S/C10H10F4N4O3S/c1-3-6-7(11)9(17-21-6)22(19,20)4-5-8(10(12,13)14)16-18(2)15-5/h3,7H,4H2,1-2H3/b6-3-. The third kappa shape index (κ3) is 2.96. The number of hydrogen-bond acceptors (Lipinski definition) is 6. The highest BCUT2D eigenvalue weighted by Crippen LogP contribution is 2.31. The van der Waals surface area contributed by atoms with Crippen LogP contribution in [0.2, 0.25) is 0 Å². The molecule has 0 amide bonds. The molecule has 2 heterocycles. The van der Waals surface area contributed by atoms with Crippen LogP contribution in [-0.2, 0) is 33.7 Å². The second-order valence-corrected chi connectivity index (χ2v) is 6.25. The number of aromatic nitrogens is 3. The number of aryl methyl sites for hydroxylation is 1. The molecule has 1 aliphatic rings. The largest absolute Gasteiger partial charge is 0.437 e. The number of rotatable bonds is 2. The van der Waals surface area contributed by atoms with Crippen LogP contribution in [0, 0.1) is 0 Å². The summed E-state index contributed by atoms with van der Waals surface area (Å²) in [4.78, 5) is 5.07. The Morgan fingerprint density at radius 3 is 2.50 bits per heavy atom. The molecular weight excluding hydrogens is 332 g/mol. The van der Waals surface area contributed by atoms with Crippen molar-refractivity contribution in [3.63, 3.8) is 0 Å². The Bertz CT molecular complexity index is 751. The molecule has 2 rings (SSSR count). The molecular formula is C10H10F4N4O3S. The van der Waals surface area contributed by atoms with Crippen molar-refractivity contribution in [2.75, 3.05) is 0 Å². The zero-order valence-corrected chi connectivity index (χ0v) is 12.1. The van der Waals surface area contributed by atoms with E-state index >= 15 is 0 Å². The third-order valence-corrected chi connectivity index (χ3v) is 4.26. The van der Waals surface area contributed by atoms with Gasteiger partial charge < -0.3 is 4.84 Å². The summed E-state index contributed by atoms with van der Waals surface area (Å²) >= 11 is 0. The minimum atomic E-state index is -4.88. The van der Waals surface area contributed by atoms with Gasteiger partial charge in [-0.1, -0.05) is 5.16 Å². The molecule has 0 spiro atoms. The third-order valence-electron chi connectivity index (χ3n) is 2.69. The lowest BCUT2D eigenvalue weighted by molar-refractivity contribution is -0.141. The minimum absolute atomic E-state index is 0.339. The molecule has 122 valence electrons. The van der Waals surface area contributed by atoms with Crippen LogP contribution in [0.15, 0.2) is 17.0 Å². The van der Waals surface area contributed by atoms with Crippen molar-refractivity contribution in [3.8, 4) is 0 Å². The highest BCUT2D eigenvalue weighted by atomic mass is 32.2. The molecule has 22 heavy (non-hydrogen) atoms. The average molecular weight is 342 g/mol. The molecule has 7 nitrogen and oxygen atoms in total. The molecule has 1 aromatic heterocycles. The molecule has 0 radical (unpaired) electrons. The van der Waals surface area contributed by atoms with E-state index in [1.807, 2.05) is 0 Å². The molecule has 0 saturated carbocycles. The lowest BCUT2D eigenvalue weighted by atomic mass is 10.3. The highest BCUT2D eigenvalue weighted by molar-refractivity contribution is 8.05. The predicted octanol–water partition coefficient (Wildman–Crippen LogP) is 1.33. The van der Waals surface area contributed by atoms with Gasteiger partial charge in [-0.05, 0) is 13.0 Å². The monoisotopic (exact) mass is 342 g/mol. The van der Waals surface area contributed by atoms with Crippen LogP contribution in [0.1, 0.15) is 18.3 Å². The van der Waals surface area contributed by atoms with Crippen LogP contribution in [-0.4, -0.2) is 34.6 Å². The van der Waals surface area contributed by atoms with E-state index in [0.717, 1.165) is 7.05 Å². The number of oxime groups is 1. The lowest BCUT2D eigenvalue weighted by Crippen LogP contribution is -2.25. The number of alkyl halides is 4. The number of hydrogen-bond donors (Lipinski definition) is 0. The fourth-order valence-corrected chi connectivity index (χ4v) is 3.03. The van der Waals surface area contributed by atoms with Crippen molar-refractivity contribution in [2.24, 2.45) is 12.2 Å². The summed E-state index contributed by atoms with van der Waals surface area (Å²) in [7, 11) is -3.37. The first kappa shape index (κ1) is 16.4. The predicted molar refractivity (Wildman–Crippen MR) is 65.8 cm³/mol. The van der Waals surface area contributed by atoms with Crippen LogP contribution in [0.3, 0.4) is 0 Å². The van der Waals surface area contributed by atoms with Gasteiger partial charge in [0.25, 0.3) is 0 Å². The van der Waals surface area contributed by atoms with Gasteiger partial charge in [0, 0.05) is 7.05 Å². The quantitative estimate of drug-likeness (QED) is 0.757. The van der Waals surface area contributed by atoms with Crippen molar-refractivity contribution in [1.82, 2.24) is 15.0 Å². The highest BCUT2D eigenvalue weighted by Gasteiger charge is 2.43. The molecule has 0 fully saturated rings. The van der Waals surface area contributed by atoms with Crippen molar-refractivity contribution in [1.29, 1.82) is 0 Å². The van der Waals surface area contributed by atoms with Gasteiger partial charge in [0.1, 0.15) is 11.4 Å². The van der Waals surface area contributed by atoms with Gasteiger partial charge in [0.05, 0.1) is 0 Å². The van der Waals surface area contributed by atoms with Crippen molar-refractivity contribution >= 4 is 14.9 Å². The Morgan fingerprint density at radius 2 is 2.00 bits per heavy atom. The Hall–Kier alpha value is -1.98. The molecule has 0 bridgehead atoms. The normalized spacial score (nSPS) is 21.1. The number of nitrogens with zero attached hydrogens (tertiary/aromatic N) is 4. The Morgan fingerprint density at radius 1 is 1.36 bits per heavy atom. The van der Waals surface area contributed by atoms with E-state index in [-0.39, 0.29) is 5.76 Å². The zero-order chi connectivity index (χ0) is 16.7. The van der Waals surface area contributed by atoms with Crippen molar-refractivity contribution in [2.45, 2.75) is 25.0 Å². The second-order valence-electron chi connectivity index (χ2n) is 4.32. The fourth-order valence-electron chi connectivity index (χ4n) is 1.74. The smallest absolute Gasteiger partial charge is 0.357 e. The summed E-state index contributed by atoms with van der Waals surface area (Å²) in [5.74, 6) is -1.52. The maximum Gasteiger partial charge on any atom is 0.437 e. The summed E-state index contributed by atoms with van der Waals surface area (Å²) in [5, 5.41) is 8.55. The number of allylic oxidation sites excluding steroid dienone is 2. The van der Waals surface area contributed by atoms with Crippen LogP contribution in [0.25, 0.3) is 0 Å². The van der Waals surface area contributed by atoms with Gasteiger partial charge in [-0.2, -0.15) is 23.1 Å². The van der Waals surface area contributed by atoms with Crippen molar-refractivity contribution in [3.05, 3.63) is 23.2 Å². The topological polar surface area (TPSA) is 86.4 Å². The van der Waals surface area contributed by atoms with Crippen LogP contribution >= 0.6 is 0 Å². The summed E-state index contributed by atoms with van der Waals surface area (Å²) in [6, 6.07) is 0. The Labute approximate surface area is 122 Å². The molecule has 0 aromatic carbocycles. The lowest BCUT2D eigenvalue weighted by Gasteiger charge is -2.06. The van der Waals surface area contributed by atoms with Gasteiger partial charge in [-0.15, -0.1) is 5.10 Å². The molecule has 1 aromatic rings. The van der Waals surface area contributed by atoms with Gasteiger partial charge in [-0.3, -0.25) is 0 Å². The average Bonchev–Trinajstić information content (AvgIpc) is 2.91. The summed E-state index contributed by atoms with van der Waals surface area (Å²) in [6.07, 6.45) is -5.86. The van der Waals surface area contributed by atoms with E-state index < -0.39 is 44.4 Å². The molecule has 1 aliphatic heterocycles. The van der Waals surface area contributed by atoms with E-state index in [9.17, 15) is 26.0 Å². The van der Waals surface area contributed by atoms with Gasteiger partial charge in [0.2, 0.25) is 21.1 Å². The summed E-state index contributed by atoms with van der Waals surface area (Å²) < 4.78 is 76.2. The van der Waals surface area contributed by atoms with Crippen LogP contribution in [0.5, 0.6) is 0 Å². The Balaban J connectivity index is 2.36. The van der Waals surface area contributed by atoms with Gasteiger partial charge in [-0.25, -0.2) is 12.8 Å².